The van der Waals surface area contributed by atoms with E-state index < -0.39 is 5.97 Å². The molecule has 5 nitrogen and oxygen atoms in total. The Kier molecular flexibility index (Phi) is 4.30. The van der Waals surface area contributed by atoms with E-state index in [9.17, 15) is 4.79 Å². The third-order valence-corrected chi connectivity index (χ3v) is 3.03. The van der Waals surface area contributed by atoms with Crippen LogP contribution >= 0.6 is 0 Å². The lowest BCUT2D eigenvalue weighted by Gasteiger charge is -2.23. The fraction of sp³-hybridized carbons (Fsp3) is 0.267. The third-order valence-electron chi connectivity index (χ3n) is 3.03. The zero-order valence-electron chi connectivity index (χ0n) is 11.8. The summed E-state index contributed by atoms with van der Waals surface area (Å²) in [5, 5.41) is 0. The second-order valence-electron chi connectivity index (χ2n) is 4.28. The van der Waals surface area contributed by atoms with E-state index in [0.29, 0.717) is 5.82 Å². The summed E-state index contributed by atoms with van der Waals surface area (Å²) in [6.45, 7) is 4.85. The van der Waals surface area contributed by atoms with Crippen LogP contribution in [-0.4, -0.2) is 29.6 Å². The van der Waals surface area contributed by atoms with Gasteiger partial charge >= 0.3 is 5.97 Å². The Morgan fingerprint density at radius 2 is 2.00 bits per heavy atom. The van der Waals surface area contributed by atoms with Crippen LogP contribution in [0.1, 0.15) is 23.0 Å². The van der Waals surface area contributed by atoms with Gasteiger partial charge in [-0.15, -0.1) is 0 Å². The van der Waals surface area contributed by atoms with E-state index in [1.54, 1.807) is 6.20 Å². The minimum Gasteiger partial charge on any atom is -0.464 e. The lowest BCUT2D eigenvalue weighted by atomic mass is 10.2. The smallest absolute Gasteiger partial charge is 0.358 e. The molecule has 0 saturated carbocycles. The molecule has 20 heavy (non-hydrogen) atoms. The number of aryl methyl sites for hydroxylation is 1. The van der Waals surface area contributed by atoms with Gasteiger partial charge in [0, 0.05) is 12.2 Å². The highest BCUT2D eigenvalue weighted by atomic mass is 16.5. The van der Waals surface area contributed by atoms with Crippen LogP contribution in [0.3, 0.4) is 0 Å². The van der Waals surface area contributed by atoms with Gasteiger partial charge in [-0.2, -0.15) is 0 Å². The van der Waals surface area contributed by atoms with E-state index in [4.69, 9.17) is 0 Å². The number of anilines is 2. The number of aromatic nitrogens is 2. The molecule has 2 aromatic rings. The molecule has 0 fully saturated rings. The fourth-order valence-electron chi connectivity index (χ4n) is 1.99. The van der Waals surface area contributed by atoms with E-state index in [2.05, 4.69) is 14.7 Å². The molecule has 0 saturated heterocycles. The van der Waals surface area contributed by atoms with E-state index >= 15 is 0 Å². The molecule has 0 aliphatic carbocycles. The predicted octanol–water partition coefficient (Wildman–Crippen LogP) is 2.73. The van der Waals surface area contributed by atoms with Gasteiger partial charge in [0.2, 0.25) is 0 Å². The Bertz CT molecular complexity index is 596. The van der Waals surface area contributed by atoms with Crippen LogP contribution < -0.4 is 4.90 Å². The first-order valence-electron chi connectivity index (χ1n) is 6.41. The molecule has 0 spiro atoms. The Balaban J connectivity index is 2.33. The number of benzene rings is 1. The van der Waals surface area contributed by atoms with Crippen molar-refractivity contribution >= 4 is 17.5 Å². The number of methoxy groups -OCH3 is 1. The molecule has 1 aromatic heterocycles. The molecule has 1 heterocycles. The first kappa shape index (κ1) is 14.0. The minimum atomic E-state index is -0.483. The average molecular weight is 271 g/mol. The van der Waals surface area contributed by atoms with Crippen molar-refractivity contribution in [2.24, 2.45) is 0 Å². The Labute approximate surface area is 118 Å². The normalized spacial score (nSPS) is 10.2. The Morgan fingerprint density at radius 1 is 1.25 bits per heavy atom. The van der Waals surface area contributed by atoms with Gasteiger partial charge in [-0.3, -0.25) is 0 Å². The van der Waals surface area contributed by atoms with Crippen molar-refractivity contribution in [2.75, 3.05) is 18.6 Å². The monoisotopic (exact) mass is 271 g/mol. The number of para-hydroxylation sites is 1. The summed E-state index contributed by atoms with van der Waals surface area (Å²) in [7, 11) is 1.32. The number of carbonyl (C=O) groups excluding carboxylic acids is 1. The molecule has 0 aliphatic rings. The zero-order chi connectivity index (χ0) is 14.5. The van der Waals surface area contributed by atoms with Crippen molar-refractivity contribution in [1.82, 2.24) is 9.97 Å². The van der Waals surface area contributed by atoms with E-state index in [0.717, 1.165) is 17.8 Å². The second-order valence-corrected chi connectivity index (χ2v) is 4.28. The van der Waals surface area contributed by atoms with Crippen LogP contribution in [0.5, 0.6) is 0 Å². The molecule has 104 valence electrons. The lowest BCUT2D eigenvalue weighted by Crippen LogP contribution is -2.19. The second kappa shape index (κ2) is 6.14. The highest BCUT2D eigenvalue weighted by molar-refractivity contribution is 5.86. The molecule has 5 heteroatoms. The summed E-state index contributed by atoms with van der Waals surface area (Å²) in [4.78, 5) is 21.8. The quantitative estimate of drug-likeness (QED) is 0.800. The van der Waals surface area contributed by atoms with Gasteiger partial charge in [0.05, 0.1) is 19.5 Å². The van der Waals surface area contributed by atoms with Gasteiger partial charge in [0.25, 0.3) is 0 Å². The molecule has 0 N–H and O–H groups in total. The van der Waals surface area contributed by atoms with Gasteiger partial charge in [0.1, 0.15) is 0 Å². The number of hydrogen-bond donors (Lipinski definition) is 0. The summed E-state index contributed by atoms with van der Waals surface area (Å²) >= 11 is 0. The Morgan fingerprint density at radius 3 is 2.55 bits per heavy atom. The van der Waals surface area contributed by atoms with Crippen LogP contribution in [0.15, 0.2) is 36.7 Å². The van der Waals surface area contributed by atoms with Gasteiger partial charge in [-0.1, -0.05) is 18.2 Å². The molecule has 0 aliphatic heterocycles. The summed E-state index contributed by atoms with van der Waals surface area (Å²) in [6.07, 6.45) is 3.02. The van der Waals surface area contributed by atoms with Gasteiger partial charge in [0.15, 0.2) is 11.5 Å². The van der Waals surface area contributed by atoms with Gasteiger partial charge in [-0.25, -0.2) is 14.8 Å². The maximum absolute atomic E-state index is 11.3. The molecule has 1 aromatic carbocycles. The number of hydrogen-bond acceptors (Lipinski definition) is 5. The average Bonchev–Trinajstić information content (AvgIpc) is 2.50. The van der Waals surface area contributed by atoms with Gasteiger partial charge < -0.3 is 9.64 Å². The van der Waals surface area contributed by atoms with E-state index in [1.165, 1.54) is 13.3 Å². The van der Waals surface area contributed by atoms with Gasteiger partial charge in [-0.05, 0) is 25.5 Å². The highest BCUT2D eigenvalue weighted by Gasteiger charge is 2.13. The molecule has 0 amide bonds. The van der Waals surface area contributed by atoms with Crippen molar-refractivity contribution in [3.8, 4) is 0 Å². The summed E-state index contributed by atoms with van der Waals surface area (Å²) < 4.78 is 4.61. The number of ether oxygens (including phenoxy) is 1. The number of nitrogens with zero attached hydrogens (tertiary/aromatic N) is 3. The minimum absolute atomic E-state index is 0.206. The maximum Gasteiger partial charge on any atom is 0.358 e. The molecular weight excluding hydrogens is 254 g/mol. The van der Waals surface area contributed by atoms with Crippen molar-refractivity contribution in [1.29, 1.82) is 0 Å². The number of esters is 1. The van der Waals surface area contributed by atoms with Crippen LogP contribution in [0.2, 0.25) is 0 Å². The van der Waals surface area contributed by atoms with Crippen molar-refractivity contribution < 1.29 is 9.53 Å². The summed E-state index contributed by atoms with van der Waals surface area (Å²) in [5.41, 5.74) is 2.44. The predicted molar refractivity (Wildman–Crippen MR) is 77.2 cm³/mol. The number of rotatable bonds is 4. The molecule has 0 bridgehead atoms. The van der Waals surface area contributed by atoms with Crippen LogP contribution in [-0.2, 0) is 4.74 Å². The van der Waals surface area contributed by atoms with Crippen molar-refractivity contribution in [3.63, 3.8) is 0 Å². The molecule has 0 unspecified atom stereocenters. The van der Waals surface area contributed by atoms with Crippen LogP contribution in [0.25, 0.3) is 0 Å². The third kappa shape index (κ3) is 2.77. The van der Waals surface area contributed by atoms with E-state index in [1.807, 2.05) is 43.0 Å². The van der Waals surface area contributed by atoms with Crippen LogP contribution in [0.4, 0.5) is 11.5 Å². The number of carbonyl (C=O) groups is 1. The molecule has 0 radical (unpaired) electrons. The molecule has 2 rings (SSSR count). The highest BCUT2D eigenvalue weighted by Crippen LogP contribution is 2.25. The summed E-state index contributed by atoms with van der Waals surface area (Å²) in [5.74, 6) is 0.220. The van der Waals surface area contributed by atoms with Crippen molar-refractivity contribution in [3.05, 3.63) is 47.9 Å². The maximum atomic E-state index is 11.3. The topological polar surface area (TPSA) is 55.3 Å². The largest absolute Gasteiger partial charge is 0.464 e. The van der Waals surface area contributed by atoms with Crippen LogP contribution in [0, 0.1) is 6.92 Å². The van der Waals surface area contributed by atoms with Crippen molar-refractivity contribution in [2.45, 2.75) is 13.8 Å². The standard InChI is InChI=1S/C15H17N3O2/c1-4-18(13-8-6-5-7-11(13)2)14-10-16-12(9-17-14)15(19)20-3/h5-10H,4H2,1-3H3. The first-order valence-corrected chi connectivity index (χ1v) is 6.41. The SMILES string of the molecule is CCN(c1cnc(C(=O)OC)cn1)c1ccccc1C. The zero-order valence-corrected chi connectivity index (χ0v) is 11.8. The lowest BCUT2D eigenvalue weighted by molar-refractivity contribution is 0.0593. The first-order chi connectivity index (χ1) is 9.67. The molecule has 0 atom stereocenters. The van der Waals surface area contributed by atoms with E-state index in [-0.39, 0.29) is 5.69 Å². The summed E-state index contributed by atoms with van der Waals surface area (Å²) in [6, 6.07) is 8.07. The fourth-order valence-corrected chi connectivity index (χ4v) is 1.99. The molecular formula is C15H17N3O2. The Hall–Kier alpha value is -2.43.